The summed E-state index contributed by atoms with van der Waals surface area (Å²) in [6.45, 7) is -0.124. The predicted molar refractivity (Wildman–Crippen MR) is 107 cm³/mol. The fraction of sp³-hybridized carbons (Fsp3) is 0.0909. The van der Waals surface area contributed by atoms with E-state index in [4.69, 9.17) is 4.52 Å². The lowest BCUT2D eigenvalue weighted by molar-refractivity contribution is 0.0603. The number of benzene rings is 3. The third-order valence-electron chi connectivity index (χ3n) is 4.74. The highest BCUT2D eigenvalue weighted by Crippen LogP contribution is 2.59. The van der Waals surface area contributed by atoms with Crippen LogP contribution < -0.4 is 0 Å². The normalized spacial score (nSPS) is 16.4. The lowest BCUT2D eigenvalue weighted by Gasteiger charge is -2.29. The molecule has 1 aliphatic heterocycles. The molecule has 4 rings (SSSR count). The quantitative estimate of drug-likeness (QED) is 0.484. The average Bonchev–Trinajstić information content (AvgIpc) is 2.99. The number of nitrogens with zero attached hydrogens (tertiary/aromatic N) is 1. The number of fused-ring (bicyclic) bond motifs is 1. The van der Waals surface area contributed by atoms with Crippen molar-refractivity contribution in [3.63, 3.8) is 0 Å². The van der Waals surface area contributed by atoms with Crippen LogP contribution in [0, 0.1) is 0 Å². The minimum absolute atomic E-state index is 0.124. The Bertz CT molecular complexity index is 1070. The van der Waals surface area contributed by atoms with E-state index in [0.717, 1.165) is 4.90 Å². The van der Waals surface area contributed by atoms with Crippen LogP contribution in [0.25, 0.3) is 0 Å². The number of amides is 2. The molecule has 0 saturated heterocycles. The summed E-state index contributed by atoms with van der Waals surface area (Å²) in [7, 11) is -4.46. The van der Waals surface area contributed by atoms with Gasteiger partial charge in [-0.05, 0) is 23.3 Å². The van der Waals surface area contributed by atoms with E-state index in [1.807, 2.05) is 6.07 Å². The molecule has 29 heavy (non-hydrogen) atoms. The van der Waals surface area contributed by atoms with Crippen LogP contribution in [-0.2, 0) is 15.7 Å². The summed E-state index contributed by atoms with van der Waals surface area (Å²) in [6, 6.07) is 23.6. The van der Waals surface area contributed by atoms with Crippen molar-refractivity contribution >= 4 is 19.4 Å². The van der Waals surface area contributed by atoms with Gasteiger partial charge in [0.2, 0.25) is 0 Å². The van der Waals surface area contributed by atoms with Gasteiger partial charge in [-0.15, -0.1) is 0 Å². The van der Waals surface area contributed by atoms with Crippen molar-refractivity contribution in [2.75, 3.05) is 0 Å². The summed E-state index contributed by atoms with van der Waals surface area (Å²) in [5.41, 5.74) is 1.47. The van der Waals surface area contributed by atoms with Crippen molar-refractivity contribution in [2.45, 2.75) is 12.4 Å². The topological polar surface area (TPSA) is 83.9 Å². The minimum atomic E-state index is -4.46. The second kappa shape index (κ2) is 7.76. The van der Waals surface area contributed by atoms with Gasteiger partial charge in [-0.3, -0.25) is 19.1 Å². The van der Waals surface area contributed by atoms with Crippen LogP contribution in [-0.4, -0.2) is 21.6 Å². The first kappa shape index (κ1) is 19.3. The van der Waals surface area contributed by atoms with Gasteiger partial charge in [0.05, 0.1) is 17.7 Å². The summed E-state index contributed by atoms with van der Waals surface area (Å²) in [5, 5.41) is 0. The van der Waals surface area contributed by atoms with Crippen molar-refractivity contribution in [2.24, 2.45) is 0 Å². The van der Waals surface area contributed by atoms with Gasteiger partial charge in [-0.2, -0.15) is 0 Å². The van der Waals surface area contributed by atoms with Crippen LogP contribution in [0.15, 0.2) is 84.9 Å². The number of carbonyl (C=O) groups excluding carboxylic acids is 2. The molecule has 3 aromatic carbocycles. The summed E-state index contributed by atoms with van der Waals surface area (Å²) >= 11 is 0. The molecule has 2 atom stereocenters. The second-order valence-corrected chi connectivity index (χ2v) is 8.51. The molecule has 2 amide bonds. The van der Waals surface area contributed by atoms with Crippen LogP contribution >= 0.6 is 7.60 Å². The highest BCUT2D eigenvalue weighted by Gasteiger charge is 2.48. The summed E-state index contributed by atoms with van der Waals surface area (Å²) < 4.78 is 18.7. The van der Waals surface area contributed by atoms with Gasteiger partial charge in [0.25, 0.3) is 11.8 Å². The van der Waals surface area contributed by atoms with E-state index in [-0.39, 0.29) is 17.7 Å². The lowest BCUT2D eigenvalue weighted by Crippen LogP contribution is -2.34. The lowest BCUT2D eigenvalue weighted by atomic mass is 10.1. The summed E-state index contributed by atoms with van der Waals surface area (Å²) in [6.07, 6.45) is 0. The average molecular weight is 407 g/mol. The summed E-state index contributed by atoms with van der Waals surface area (Å²) in [5.74, 6) is -2.67. The van der Waals surface area contributed by atoms with Gasteiger partial charge in [0, 0.05) is 0 Å². The zero-order valence-electron chi connectivity index (χ0n) is 15.3. The van der Waals surface area contributed by atoms with Crippen molar-refractivity contribution < 1.29 is 23.6 Å². The van der Waals surface area contributed by atoms with Crippen molar-refractivity contribution in [1.29, 1.82) is 0 Å². The number of hydrogen-bond donors (Lipinski definition) is 1. The van der Waals surface area contributed by atoms with Crippen molar-refractivity contribution in [3.8, 4) is 0 Å². The first-order valence-corrected chi connectivity index (χ1v) is 10.7. The van der Waals surface area contributed by atoms with E-state index in [1.54, 1.807) is 66.7 Å². The molecule has 0 saturated carbocycles. The third kappa shape index (κ3) is 3.66. The predicted octanol–water partition coefficient (Wildman–Crippen LogP) is 4.38. The van der Waals surface area contributed by atoms with Crippen LogP contribution in [0.4, 0.5) is 0 Å². The molecule has 0 aromatic heterocycles. The Morgan fingerprint density at radius 1 is 0.793 bits per heavy atom. The summed E-state index contributed by atoms with van der Waals surface area (Å²) in [4.78, 5) is 37.6. The number of rotatable bonds is 6. The molecule has 0 fully saturated rings. The molecule has 1 heterocycles. The van der Waals surface area contributed by atoms with E-state index in [1.165, 1.54) is 12.1 Å². The van der Waals surface area contributed by atoms with Gasteiger partial charge in [0.1, 0.15) is 0 Å². The number of imide groups is 1. The Morgan fingerprint density at radius 3 is 1.83 bits per heavy atom. The molecule has 7 heteroatoms. The number of hydrogen-bond acceptors (Lipinski definition) is 4. The van der Waals surface area contributed by atoms with Gasteiger partial charge < -0.3 is 9.42 Å². The van der Waals surface area contributed by atoms with Gasteiger partial charge in [-0.1, -0.05) is 72.8 Å². The standard InChI is InChI=1S/C22H18NO5P/c24-20-18-13-7-8-14-19(18)21(25)23(20)22(17-11-5-2-6-12-17)29(26,27)28-15-16-9-3-1-4-10-16/h1-14,22H,15H2,(H,26,27)/t22-/m0/s1. The van der Waals surface area contributed by atoms with E-state index in [9.17, 15) is 19.0 Å². The monoisotopic (exact) mass is 407 g/mol. The van der Waals surface area contributed by atoms with Crippen molar-refractivity contribution in [1.82, 2.24) is 4.90 Å². The van der Waals surface area contributed by atoms with Gasteiger partial charge >= 0.3 is 7.60 Å². The molecule has 0 aliphatic carbocycles. The Morgan fingerprint density at radius 2 is 1.28 bits per heavy atom. The molecular weight excluding hydrogens is 389 g/mol. The first-order valence-electron chi connectivity index (χ1n) is 9.02. The second-order valence-electron chi connectivity index (χ2n) is 6.63. The molecule has 0 spiro atoms. The molecule has 0 bridgehead atoms. The molecule has 3 aromatic rings. The van der Waals surface area contributed by atoms with Crippen molar-refractivity contribution in [3.05, 3.63) is 107 Å². The molecule has 0 radical (unpaired) electrons. The van der Waals surface area contributed by atoms with Crippen LogP contribution in [0.2, 0.25) is 0 Å². The first-order chi connectivity index (χ1) is 14.0. The van der Waals surface area contributed by atoms with Gasteiger partial charge in [-0.25, -0.2) is 0 Å². The van der Waals surface area contributed by atoms with Crippen LogP contribution in [0.3, 0.4) is 0 Å². The molecule has 146 valence electrons. The molecular formula is C22H18NO5P. The zero-order chi connectivity index (χ0) is 20.4. The Kier molecular flexibility index (Phi) is 5.16. The van der Waals surface area contributed by atoms with E-state index >= 15 is 0 Å². The molecule has 6 nitrogen and oxygen atoms in total. The maximum absolute atomic E-state index is 13.3. The largest absolute Gasteiger partial charge is 0.355 e. The minimum Gasteiger partial charge on any atom is -0.323 e. The fourth-order valence-corrected chi connectivity index (χ4v) is 4.88. The third-order valence-corrected chi connectivity index (χ3v) is 6.38. The van der Waals surface area contributed by atoms with E-state index in [0.29, 0.717) is 11.1 Å². The smallest absolute Gasteiger partial charge is 0.323 e. The van der Waals surface area contributed by atoms with Crippen LogP contribution in [0.5, 0.6) is 0 Å². The number of carbonyl (C=O) groups is 2. The van der Waals surface area contributed by atoms with E-state index in [2.05, 4.69) is 0 Å². The van der Waals surface area contributed by atoms with E-state index < -0.39 is 25.2 Å². The highest BCUT2D eigenvalue weighted by atomic mass is 31.2. The zero-order valence-corrected chi connectivity index (χ0v) is 16.2. The SMILES string of the molecule is O=C1c2ccccc2C(=O)N1[C@H](c1ccccc1)P(=O)(O)OCc1ccccc1. The highest BCUT2D eigenvalue weighted by molar-refractivity contribution is 7.53. The van der Waals surface area contributed by atoms with Crippen LogP contribution in [0.1, 0.15) is 37.6 Å². The molecule has 1 unspecified atom stereocenters. The van der Waals surface area contributed by atoms with Gasteiger partial charge in [0.15, 0.2) is 5.78 Å². The maximum Gasteiger partial charge on any atom is 0.355 e. The maximum atomic E-state index is 13.3. The Balaban J connectivity index is 1.72. The Labute approximate surface area is 167 Å². The Hall–Kier alpha value is -3.05. The molecule has 1 N–H and O–H groups in total. The fourth-order valence-electron chi connectivity index (χ4n) is 3.35. The molecule has 1 aliphatic rings.